The molecule has 0 saturated carbocycles. The number of rotatable bonds is 2. The number of nitrogens with two attached hydrogens (primary N) is 1. The van der Waals surface area contributed by atoms with Gasteiger partial charge >= 0.3 is 0 Å². The first-order valence-electron chi connectivity index (χ1n) is 6.82. The minimum Gasteiger partial charge on any atom is -0.368 e. The van der Waals surface area contributed by atoms with Crippen molar-refractivity contribution in [3.05, 3.63) is 47.3 Å². The van der Waals surface area contributed by atoms with E-state index in [2.05, 4.69) is 41.2 Å². The zero-order valence-electron chi connectivity index (χ0n) is 12.9. The highest BCUT2D eigenvalue weighted by Crippen LogP contribution is 2.05. The summed E-state index contributed by atoms with van der Waals surface area (Å²) in [5, 5.41) is 4.29. The van der Waals surface area contributed by atoms with E-state index in [4.69, 9.17) is 5.73 Å². The maximum Gasteiger partial charge on any atom is 0.221 e. The highest BCUT2D eigenvalue weighted by molar-refractivity contribution is 6.83. The van der Waals surface area contributed by atoms with E-state index in [0.29, 0.717) is 5.95 Å². The molecule has 1 heterocycles. The molecule has 5 heteroatoms. The molecular weight excluding hydrogens is 276 g/mol. The molecule has 2 N–H and O–H groups in total. The first-order chi connectivity index (χ1) is 9.83. The van der Waals surface area contributed by atoms with Crippen LogP contribution in [0.3, 0.4) is 0 Å². The highest BCUT2D eigenvalue weighted by atomic mass is 28.3. The predicted molar refractivity (Wildman–Crippen MR) is 91.0 cm³/mol. The molecule has 0 atom stereocenters. The van der Waals surface area contributed by atoms with Gasteiger partial charge in [0.1, 0.15) is 8.07 Å². The van der Waals surface area contributed by atoms with Crippen LogP contribution in [-0.4, -0.2) is 23.9 Å². The van der Waals surface area contributed by atoms with Crippen LogP contribution in [0.2, 0.25) is 19.6 Å². The van der Waals surface area contributed by atoms with Crippen LogP contribution in [0.15, 0.2) is 35.6 Å². The third-order valence-electron chi connectivity index (χ3n) is 2.66. The molecule has 0 fully saturated rings. The quantitative estimate of drug-likeness (QED) is 0.526. The van der Waals surface area contributed by atoms with Crippen LogP contribution in [-0.2, 0) is 0 Å². The van der Waals surface area contributed by atoms with Gasteiger partial charge in [0.15, 0.2) is 0 Å². The van der Waals surface area contributed by atoms with E-state index < -0.39 is 8.07 Å². The average molecular weight is 296 g/mol. The smallest absolute Gasteiger partial charge is 0.221 e. The van der Waals surface area contributed by atoms with Crippen molar-refractivity contribution in [2.75, 3.05) is 5.73 Å². The lowest BCUT2D eigenvalue weighted by atomic mass is 10.1. The van der Waals surface area contributed by atoms with E-state index in [9.17, 15) is 0 Å². The summed E-state index contributed by atoms with van der Waals surface area (Å²) in [5.74, 6) is 3.62. The van der Waals surface area contributed by atoms with Crippen LogP contribution in [0.5, 0.6) is 0 Å². The van der Waals surface area contributed by atoms with Crippen molar-refractivity contribution in [3.63, 3.8) is 0 Å². The zero-order chi connectivity index (χ0) is 15.5. The lowest BCUT2D eigenvalue weighted by Crippen LogP contribution is -2.16. The van der Waals surface area contributed by atoms with Gasteiger partial charge in [0.2, 0.25) is 5.95 Å². The monoisotopic (exact) mass is 296 g/mol. The van der Waals surface area contributed by atoms with Gasteiger partial charge in [0, 0.05) is 5.56 Å². The van der Waals surface area contributed by atoms with Crippen LogP contribution in [0.1, 0.15) is 16.8 Å². The Morgan fingerprint density at radius 2 is 1.90 bits per heavy atom. The number of imidazole rings is 1. The van der Waals surface area contributed by atoms with Gasteiger partial charge in [-0.1, -0.05) is 37.7 Å². The number of hydrogen-bond acceptors (Lipinski definition) is 3. The van der Waals surface area contributed by atoms with Crippen molar-refractivity contribution in [2.24, 2.45) is 5.10 Å². The molecule has 0 aliphatic heterocycles. The lowest BCUT2D eigenvalue weighted by Gasteiger charge is -2.03. The standard InChI is InChI=1S/C16H20N4Si/c1-13-12-20(16(17)19-13)18-11-15-7-5-14(6-8-15)9-10-21(2,3)4/h5-8,11-12H,1-4H3,(H2,17,19). The summed E-state index contributed by atoms with van der Waals surface area (Å²) in [6, 6.07) is 8.02. The largest absolute Gasteiger partial charge is 0.368 e. The van der Waals surface area contributed by atoms with Gasteiger partial charge in [-0.05, 0) is 24.6 Å². The number of nitrogens with zero attached hydrogens (tertiary/aromatic N) is 3. The highest BCUT2D eigenvalue weighted by Gasteiger charge is 2.07. The van der Waals surface area contributed by atoms with Crippen LogP contribution in [0.25, 0.3) is 0 Å². The minimum absolute atomic E-state index is 0.390. The van der Waals surface area contributed by atoms with Crippen LogP contribution < -0.4 is 5.73 Å². The zero-order valence-corrected chi connectivity index (χ0v) is 13.9. The van der Waals surface area contributed by atoms with Gasteiger partial charge in [-0.25, -0.2) is 9.66 Å². The normalized spacial score (nSPS) is 11.4. The molecule has 108 valence electrons. The summed E-state index contributed by atoms with van der Waals surface area (Å²) in [4.78, 5) is 4.10. The number of hydrogen-bond donors (Lipinski definition) is 1. The molecule has 0 saturated heterocycles. The number of aromatic nitrogens is 2. The second kappa shape index (κ2) is 5.98. The molecule has 0 amide bonds. The molecule has 2 rings (SSSR count). The van der Waals surface area contributed by atoms with Crippen molar-refractivity contribution >= 4 is 20.2 Å². The van der Waals surface area contributed by atoms with Gasteiger partial charge in [-0.3, -0.25) is 0 Å². The molecule has 21 heavy (non-hydrogen) atoms. The van der Waals surface area contributed by atoms with Gasteiger partial charge in [0.05, 0.1) is 18.1 Å². The number of nitrogen functional groups attached to an aromatic ring is 1. The van der Waals surface area contributed by atoms with Crippen LogP contribution in [0, 0.1) is 18.4 Å². The number of anilines is 1. The molecule has 0 radical (unpaired) electrons. The lowest BCUT2D eigenvalue weighted by molar-refractivity contribution is 0.897. The van der Waals surface area contributed by atoms with Crippen molar-refractivity contribution in [3.8, 4) is 11.5 Å². The summed E-state index contributed by atoms with van der Waals surface area (Å²) in [7, 11) is -1.33. The fourth-order valence-electron chi connectivity index (χ4n) is 1.64. The van der Waals surface area contributed by atoms with Crippen LogP contribution >= 0.6 is 0 Å². The topological polar surface area (TPSA) is 56.2 Å². The van der Waals surface area contributed by atoms with Crippen molar-refractivity contribution in [1.82, 2.24) is 9.66 Å². The van der Waals surface area contributed by atoms with E-state index in [1.807, 2.05) is 31.2 Å². The summed E-state index contributed by atoms with van der Waals surface area (Å²) in [6.45, 7) is 8.59. The van der Waals surface area contributed by atoms with E-state index in [1.165, 1.54) is 0 Å². The molecule has 0 aliphatic rings. The fourth-order valence-corrected chi connectivity index (χ4v) is 2.16. The SMILES string of the molecule is Cc1cn(N=Cc2ccc(C#C[Si](C)(C)C)cc2)c(N)n1. The maximum atomic E-state index is 5.73. The summed E-state index contributed by atoms with van der Waals surface area (Å²) < 4.78 is 1.56. The Kier molecular flexibility index (Phi) is 4.29. The molecule has 0 unspecified atom stereocenters. The Morgan fingerprint density at radius 3 is 2.43 bits per heavy atom. The Labute approximate surface area is 126 Å². The number of benzene rings is 1. The Balaban J connectivity index is 2.12. The first kappa shape index (κ1) is 15.1. The van der Waals surface area contributed by atoms with Crippen molar-refractivity contribution in [1.29, 1.82) is 0 Å². The average Bonchev–Trinajstić information content (AvgIpc) is 2.73. The van der Waals surface area contributed by atoms with Crippen LogP contribution in [0.4, 0.5) is 5.95 Å². The van der Waals surface area contributed by atoms with Gasteiger partial charge < -0.3 is 5.73 Å². The molecule has 0 bridgehead atoms. The minimum atomic E-state index is -1.33. The second-order valence-electron chi connectivity index (χ2n) is 5.95. The number of aryl methyl sites for hydroxylation is 1. The third-order valence-corrected chi connectivity index (χ3v) is 3.53. The van der Waals surface area contributed by atoms with Gasteiger partial charge in [0.25, 0.3) is 0 Å². The molecule has 0 spiro atoms. The molecule has 1 aromatic carbocycles. The van der Waals surface area contributed by atoms with Gasteiger partial charge in [-0.2, -0.15) is 5.10 Å². The second-order valence-corrected chi connectivity index (χ2v) is 10.7. The summed E-state index contributed by atoms with van der Waals surface area (Å²) in [6.07, 6.45) is 3.55. The molecule has 2 aromatic rings. The summed E-state index contributed by atoms with van der Waals surface area (Å²) >= 11 is 0. The Bertz CT molecular complexity index is 709. The fraction of sp³-hybridized carbons (Fsp3) is 0.250. The third kappa shape index (κ3) is 4.62. The Morgan fingerprint density at radius 1 is 1.24 bits per heavy atom. The molecule has 4 nitrogen and oxygen atoms in total. The molecule has 1 aromatic heterocycles. The maximum absolute atomic E-state index is 5.73. The van der Waals surface area contributed by atoms with E-state index in [-0.39, 0.29) is 0 Å². The molecular formula is C16H20N4Si. The van der Waals surface area contributed by atoms with Gasteiger partial charge in [-0.15, -0.1) is 5.54 Å². The summed E-state index contributed by atoms with van der Waals surface area (Å²) in [5.41, 5.74) is 12.0. The van der Waals surface area contributed by atoms with Crippen molar-refractivity contribution < 1.29 is 0 Å². The molecule has 0 aliphatic carbocycles. The van der Waals surface area contributed by atoms with E-state index >= 15 is 0 Å². The van der Waals surface area contributed by atoms with E-state index in [0.717, 1.165) is 16.8 Å². The first-order valence-corrected chi connectivity index (χ1v) is 10.3. The Hall–Kier alpha value is -2.32. The predicted octanol–water partition coefficient (Wildman–Crippen LogP) is 2.88. The van der Waals surface area contributed by atoms with E-state index in [1.54, 1.807) is 17.1 Å². The van der Waals surface area contributed by atoms with Crippen molar-refractivity contribution in [2.45, 2.75) is 26.6 Å².